The number of aromatic nitrogens is 1. The monoisotopic (exact) mass is 363 g/mol. The van der Waals surface area contributed by atoms with Gasteiger partial charge in [0, 0.05) is 38.1 Å². The summed E-state index contributed by atoms with van der Waals surface area (Å²) in [5.41, 5.74) is 3.55. The van der Waals surface area contributed by atoms with Gasteiger partial charge in [-0.25, -0.2) is 4.99 Å². The fourth-order valence-corrected chi connectivity index (χ4v) is 1.94. The van der Waals surface area contributed by atoms with Crippen LogP contribution in [0.5, 0.6) is 0 Å². The highest BCUT2D eigenvalue weighted by Gasteiger charge is 2.08. The molecule has 1 aromatic rings. The van der Waals surface area contributed by atoms with Crippen molar-refractivity contribution in [2.75, 3.05) is 33.9 Å². The standard InChI is InChI=1S/C14H21N3O.C7H16O/c1-7-17(5)9-15-14-8-13(12(4)18-6)10(2)16-11(14)3;1-4-5-8-6-7(2)3/h8-9H,4,7H2,1-3,5-6H3;7H,4-6H2,1-3H3. The molecule has 0 saturated carbocycles. The van der Waals surface area contributed by atoms with E-state index in [0.29, 0.717) is 11.7 Å². The minimum atomic E-state index is 0.611. The van der Waals surface area contributed by atoms with Crippen LogP contribution in [0.15, 0.2) is 17.6 Å². The van der Waals surface area contributed by atoms with Crippen LogP contribution in [-0.2, 0) is 9.47 Å². The molecule has 1 aromatic heterocycles. The number of hydrogen-bond acceptors (Lipinski definition) is 4. The van der Waals surface area contributed by atoms with E-state index in [9.17, 15) is 0 Å². The molecule has 0 aliphatic heterocycles. The molecule has 26 heavy (non-hydrogen) atoms. The molecule has 0 aliphatic rings. The van der Waals surface area contributed by atoms with E-state index >= 15 is 0 Å². The van der Waals surface area contributed by atoms with Crippen molar-refractivity contribution in [2.45, 2.75) is 48.0 Å². The third kappa shape index (κ3) is 9.56. The molecule has 0 spiro atoms. The van der Waals surface area contributed by atoms with Gasteiger partial charge in [0.25, 0.3) is 0 Å². The Kier molecular flexibility index (Phi) is 12.4. The lowest BCUT2D eigenvalue weighted by molar-refractivity contribution is 0.110. The SMILES string of the molecule is C=C(OC)c1cc(N=CN(C)CC)c(C)nc1C.CCCOCC(C)C. The van der Waals surface area contributed by atoms with Crippen LogP contribution in [-0.4, -0.2) is 50.1 Å². The Morgan fingerprint density at radius 1 is 1.31 bits per heavy atom. The number of hydrogen-bond donors (Lipinski definition) is 0. The molecular formula is C21H37N3O2. The van der Waals surface area contributed by atoms with Gasteiger partial charge in [-0.3, -0.25) is 4.98 Å². The molecule has 0 unspecified atom stereocenters. The molecule has 0 bridgehead atoms. The second kappa shape index (κ2) is 13.3. The molecular weight excluding hydrogens is 326 g/mol. The topological polar surface area (TPSA) is 47.0 Å². The van der Waals surface area contributed by atoms with Gasteiger partial charge in [0.05, 0.1) is 24.8 Å². The molecule has 148 valence electrons. The van der Waals surface area contributed by atoms with Crippen LogP contribution in [0.1, 0.15) is 51.1 Å². The summed E-state index contributed by atoms with van der Waals surface area (Å²) in [7, 11) is 3.59. The van der Waals surface area contributed by atoms with E-state index in [4.69, 9.17) is 9.47 Å². The number of nitrogens with zero attached hydrogens (tertiary/aromatic N) is 3. The summed E-state index contributed by atoms with van der Waals surface area (Å²) in [6, 6.07) is 1.96. The smallest absolute Gasteiger partial charge is 0.120 e. The number of rotatable bonds is 9. The fraction of sp³-hybridized carbons (Fsp3) is 0.619. The molecule has 0 aliphatic carbocycles. The average molecular weight is 364 g/mol. The van der Waals surface area contributed by atoms with Gasteiger partial charge >= 0.3 is 0 Å². The maximum atomic E-state index is 5.24. The molecule has 0 radical (unpaired) electrons. The van der Waals surface area contributed by atoms with Crippen molar-refractivity contribution in [2.24, 2.45) is 10.9 Å². The first-order valence-electron chi connectivity index (χ1n) is 9.30. The second-order valence-electron chi connectivity index (χ2n) is 6.64. The summed E-state index contributed by atoms with van der Waals surface area (Å²) in [6.07, 6.45) is 2.94. The molecule has 5 nitrogen and oxygen atoms in total. The predicted molar refractivity (Wildman–Crippen MR) is 112 cm³/mol. The first-order chi connectivity index (χ1) is 12.3. The van der Waals surface area contributed by atoms with Gasteiger partial charge in [-0.05, 0) is 39.2 Å². The van der Waals surface area contributed by atoms with Gasteiger partial charge in [0.1, 0.15) is 5.76 Å². The fourth-order valence-electron chi connectivity index (χ4n) is 1.94. The Labute approximate surface area is 160 Å². The van der Waals surface area contributed by atoms with Gasteiger partial charge in [-0.1, -0.05) is 27.4 Å². The summed E-state index contributed by atoms with van der Waals surface area (Å²) >= 11 is 0. The molecule has 1 heterocycles. The molecule has 0 aromatic carbocycles. The van der Waals surface area contributed by atoms with Crippen LogP contribution in [0.25, 0.3) is 5.76 Å². The zero-order valence-electron chi connectivity index (χ0n) is 17.9. The number of pyridine rings is 1. The minimum absolute atomic E-state index is 0.611. The van der Waals surface area contributed by atoms with E-state index in [1.807, 2.05) is 31.9 Å². The minimum Gasteiger partial charge on any atom is -0.497 e. The van der Waals surface area contributed by atoms with Gasteiger partial charge < -0.3 is 14.4 Å². The quantitative estimate of drug-likeness (QED) is 0.268. The maximum absolute atomic E-state index is 5.24. The molecule has 1 rings (SSSR count). The zero-order valence-corrected chi connectivity index (χ0v) is 17.9. The van der Waals surface area contributed by atoms with Crippen LogP contribution < -0.4 is 0 Å². The lowest BCUT2D eigenvalue weighted by Crippen LogP contribution is -2.14. The van der Waals surface area contributed by atoms with Crippen molar-refractivity contribution in [3.8, 4) is 0 Å². The van der Waals surface area contributed by atoms with Crippen LogP contribution in [0.4, 0.5) is 5.69 Å². The summed E-state index contributed by atoms with van der Waals surface area (Å²) in [5.74, 6) is 1.29. The number of aliphatic imine (C=N–C) groups is 1. The Balaban J connectivity index is 0.000000660. The molecule has 0 N–H and O–H groups in total. The van der Waals surface area contributed by atoms with Gasteiger partial charge in [-0.2, -0.15) is 0 Å². The molecule has 5 heteroatoms. The highest BCUT2D eigenvalue weighted by molar-refractivity contribution is 5.67. The molecule has 0 saturated heterocycles. The Morgan fingerprint density at radius 2 is 1.96 bits per heavy atom. The Morgan fingerprint density at radius 3 is 2.46 bits per heavy atom. The third-order valence-electron chi connectivity index (χ3n) is 3.62. The third-order valence-corrected chi connectivity index (χ3v) is 3.62. The van der Waals surface area contributed by atoms with E-state index in [2.05, 4.69) is 44.3 Å². The summed E-state index contributed by atoms with van der Waals surface area (Å²) in [5, 5.41) is 0. The van der Waals surface area contributed by atoms with E-state index in [1.165, 1.54) is 0 Å². The average Bonchev–Trinajstić information content (AvgIpc) is 2.60. The predicted octanol–water partition coefficient (Wildman–Crippen LogP) is 5.00. The van der Waals surface area contributed by atoms with Crippen LogP contribution in [0, 0.1) is 19.8 Å². The van der Waals surface area contributed by atoms with Crippen molar-refractivity contribution < 1.29 is 9.47 Å². The largest absolute Gasteiger partial charge is 0.497 e. The summed E-state index contributed by atoms with van der Waals surface area (Å²) in [6.45, 7) is 19.0. The van der Waals surface area contributed by atoms with Gasteiger partial charge in [0.2, 0.25) is 0 Å². The number of methoxy groups -OCH3 is 1. The van der Waals surface area contributed by atoms with E-state index in [0.717, 1.165) is 48.8 Å². The van der Waals surface area contributed by atoms with Crippen molar-refractivity contribution in [3.05, 3.63) is 29.6 Å². The van der Waals surface area contributed by atoms with Crippen molar-refractivity contribution in [1.29, 1.82) is 0 Å². The van der Waals surface area contributed by atoms with Crippen molar-refractivity contribution in [3.63, 3.8) is 0 Å². The summed E-state index contributed by atoms with van der Waals surface area (Å²) in [4.78, 5) is 10.9. The Bertz CT molecular complexity index is 569. The number of aryl methyl sites for hydroxylation is 2. The van der Waals surface area contributed by atoms with Crippen molar-refractivity contribution in [1.82, 2.24) is 9.88 Å². The van der Waals surface area contributed by atoms with Crippen molar-refractivity contribution >= 4 is 17.8 Å². The lowest BCUT2D eigenvalue weighted by atomic mass is 10.1. The van der Waals surface area contributed by atoms with Crippen LogP contribution in [0.3, 0.4) is 0 Å². The first kappa shape index (κ1) is 24.1. The molecule has 0 fully saturated rings. The highest BCUT2D eigenvalue weighted by Crippen LogP contribution is 2.24. The van der Waals surface area contributed by atoms with Crippen LogP contribution >= 0.6 is 0 Å². The molecule has 0 amide bonds. The normalized spacial score (nSPS) is 10.7. The second-order valence-corrected chi connectivity index (χ2v) is 6.64. The molecule has 0 atom stereocenters. The van der Waals surface area contributed by atoms with Gasteiger partial charge in [0.15, 0.2) is 0 Å². The Hall–Kier alpha value is -1.88. The van der Waals surface area contributed by atoms with E-state index < -0.39 is 0 Å². The van der Waals surface area contributed by atoms with Gasteiger partial charge in [-0.15, -0.1) is 0 Å². The highest BCUT2D eigenvalue weighted by atomic mass is 16.5. The summed E-state index contributed by atoms with van der Waals surface area (Å²) < 4.78 is 10.4. The lowest BCUT2D eigenvalue weighted by Gasteiger charge is -2.12. The van der Waals surface area contributed by atoms with Crippen LogP contribution in [0.2, 0.25) is 0 Å². The number of ether oxygens (including phenoxy) is 2. The maximum Gasteiger partial charge on any atom is 0.120 e. The first-order valence-corrected chi connectivity index (χ1v) is 9.30. The van der Waals surface area contributed by atoms with E-state index in [1.54, 1.807) is 13.4 Å². The zero-order chi connectivity index (χ0) is 20.1. The van der Waals surface area contributed by atoms with E-state index in [-0.39, 0.29) is 0 Å².